The summed E-state index contributed by atoms with van der Waals surface area (Å²) in [4.78, 5) is 24.6. The number of pyridine rings is 1. The molecule has 1 atom stereocenters. The highest BCUT2D eigenvalue weighted by Gasteiger charge is 2.22. The van der Waals surface area contributed by atoms with Crippen LogP contribution < -0.4 is 10.3 Å². The number of esters is 1. The van der Waals surface area contributed by atoms with E-state index in [0.717, 1.165) is 16.5 Å². The number of fused-ring (bicyclic) bond motifs is 1. The lowest BCUT2D eigenvalue weighted by molar-refractivity contribution is -0.145. The van der Waals surface area contributed by atoms with Crippen LogP contribution in [0, 0.1) is 0 Å². The van der Waals surface area contributed by atoms with Gasteiger partial charge in [0.05, 0.1) is 7.11 Å². The van der Waals surface area contributed by atoms with Gasteiger partial charge in [-0.15, -0.1) is 5.48 Å². The number of hydroxylamine groups is 1. The predicted molar refractivity (Wildman–Crippen MR) is 85.8 cm³/mol. The van der Waals surface area contributed by atoms with E-state index in [2.05, 4.69) is 15.4 Å². The molecule has 6 nitrogen and oxygen atoms in total. The number of aromatic nitrogens is 2. The number of H-pyrrole nitrogens is 1. The first-order chi connectivity index (χ1) is 11.3. The van der Waals surface area contributed by atoms with E-state index in [-0.39, 0.29) is 0 Å². The highest BCUT2D eigenvalue weighted by atomic mass is 16.7. The molecule has 23 heavy (non-hydrogen) atoms. The van der Waals surface area contributed by atoms with Gasteiger partial charge in [-0.1, -0.05) is 24.3 Å². The molecule has 3 aromatic rings. The topological polar surface area (TPSA) is 76.2 Å². The maximum Gasteiger partial charge on any atom is 0.326 e. The number of benzene rings is 1. The molecule has 3 rings (SSSR count). The molecule has 118 valence electrons. The molecule has 6 heteroatoms. The van der Waals surface area contributed by atoms with E-state index >= 15 is 0 Å². The Morgan fingerprint density at radius 3 is 2.87 bits per heavy atom. The van der Waals surface area contributed by atoms with Crippen molar-refractivity contribution in [2.24, 2.45) is 0 Å². The van der Waals surface area contributed by atoms with Crippen molar-refractivity contribution in [3.63, 3.8) is 0 Å². The van der Waals surface area contributed by atoms with Crippen molar-refractivity contribution in [3.05, 3.63) is 60.4 Å². The molecule has 0 bridgehead atoms. The normalized spacial score (nSPS) is 12.0. The molecule has 0 aliphatic rings. The SMILES string of the molecule is COC(=O)[C@H](Cc1c[nH]c2ccccc12)NOc1ccccn1. The van der Waals surface area contributed by atoms with Crippen LogP contribution in [0.3, 0.4) is 0 Å². The van der Waals surface area contributed by atoms with Crippen molar-refractivity contribution < 1.29 is 14.4 Å². The number of aromatic amines is 1. The van der Waals surface area contributed by atoms with Gasteiger partial charge in [0.2, 0.25) is 5.88 Å². The fourth-order valence-corrected chi connectivity index (χ4v) is 2.37. The lowest BCUT2D eigenvalue weighted by atomic mass is 10.1. The number of hydrogen-bond acceptors (Lipinski definition) is 5. The fourth-order valence-electron chi connectivity index (χ4n) is 2.37. The monoisotopic (exact) mass is 311 g/mol. The third-order valence-electron chi connectivity index (χ3n) is 3.53. The number of nitrogens with zero attached hydrogens (tertiary/aromatic N) is 1. The summed E-state index contributed by atoms with van der Waals surface area (Å²) in [5.74, 6) is -0.00783. The van der Waals surface area contributed by atoms with Gasteiger partial charge in [0.1, 0.15) is 6.04 Å². The van der Waals surface area contributed by atoms with E-state index in [1.54, 1.807) is 24.4 Å². The van der Waals surface area contributed by atoms with Crippen LogP contribution >= 0.6 is 0 Å². The highest BCUT2D eigenvalue weighted by Crippen LogP contribution is 2.19. The third-order valence-corrected chi connectivity index (χ3v) is 3.53. The Kier molecular flexibility index (Phi) is 4.54. The minimum absolute atomic E-state index is 0.389. The number of nitrogens with one attached hydrogen (secondary N) is 2. The van der Waals surface area contributed by atoms with E-state index in [0.29, 0.717) is 12.3 Å². The van der Waals surface area contributed by atoms with Gasteiger partial charge in [-0.2, -0.15) is 0 Å². The maximum atomic E-state index is 12.0. The van der Waals surface area contributed by atoms with Crippen LogP contribution in [-0.4, -0.2) is 29.1 Å². The van der Waals surface area contributed by atoms with Crippen molar-refractivity contribution in [3.8, 4) is 5.88 Å². The molecule has 2 aromatic heterocycles. The highest BCUT2D eigenvalue weighted by molar-refractivity contribution is 5.84. The quantitative estimate of drug-likeness (QED) is 0.539. The summed E-state index contributed by atoms with van der Waals surface area (Å²) in [5.41, 5.74) is 4.77. The second-order valence-electron chi connectivity index (χ2n) is 5.03. The summed E-state index contributed by atoms with van der Waals surface area (Å²) < 4.78 is 4.85. The van der Waals surface area contributed by atoms with E-state index < -0.39 is 12.0 Å². The van der Waals surface area contributed by atoms with Gasteiger partial charge in [-0.3, -0.25) is 4.79 Å². The lowest BCUT2D eigenvalue weighted by Crippen LogP contribution is -2.41. The molecule has 0 amide bonds. The van der Waals surface area contributed by atoms with Gasteiger partial charge >= 0.3 is 5.97 Å². The molecule has 1 aromatic carbocycles. The van der Waals surface area contributed by atoms with Crippen LogP contribution in [0.15, 0.2) is 54.9 Å². The summed E-state index contributed by atoms with van der Waals surface area (Å²) >= 11 is 0. The smallest absolute Gasteiger partial charge is 0.326 e. The van der Waals surface area contributed by atoms with Gasteiger partial charge in [-0.25, -0.2) is 4.98 Å². The predicted octanol–water partition coefficient (Wildman–Crippen LogP) is 2.23. The fraction of sp³-hybridized carbons (Fsp3) is 0.176. The van der Waals surface area contributed by atoms with Crippen LogP contribution in [0.5, 0.6) is 5.88 Å². The molecule has 0 saturated heterocycles. The summed E-state index contributed by atoms with van der Waals surface area (Å²) in [5, 5.41) is 1.07. The van der Waals surface area contributed by atoms with Crippen LogP contribution in [0.4, 0.5) is 0 Å². The first-order valence-corrected chi connectivity index (χ1v) is 7.24. The van der Waals surface area contributed by atoms with Crippen LogP contribution in [0.1, 0.15) is 5.56 Å². The van der Waals surface area contributed by atoms with Crippen molar-refractivity contribution >= 4 is 16.9 Å². The Bertz CT molecular complexity index is 786. The first kappa shape index (κ1) is 15.1. The third kappa shape index (κ3) is 3.49. The molecule has 0 aliphatic carbocycles. The van der Waals surface area contributed by atoms with Crippen molar-refractivity contribution in [2.45, 2.75) is 12.5 Å². The molecule has 0 saturated carbocycles. The Balaban J connectivity index is 1.75. The number of hydrogen-bond donors (Lipinski definition) is 2. The van der Waals surface area contributed by atoms with E-state index in [1.165, 1.54) is 7.11 Å². The molecule has 0 unspecified atom stereocenters. The Labute approximate surface area is 133 Å². The largest absolute Gasteiger partial charge is 0.468 e. The van der Waals surface area contributed by atoms with Gasteiger partial charge in [0.25, 0.3) is 0 Å². The molecular formula is C17H17N3O3. The van der Waals surface area contributed by atoms with Crippen molar-refractivity contribution in [1.29, 1.82) is 0 Å². The molecule has 0 aliphatic heterocycles. The number of para-hydroxylation sites is 1. The number of rotatable bonds is 6. The van der Waals surface area contributed by atoms with Gasteiger partial charge in [-0.05, 0) is 17.7 Å². The molecule has 2 heterocycles. The van der Waals surface area contributed by atoms with Crippen molar-refractivity contribution in [1.82, 2.24) is 15.4 Å². The summed E-state index contributed by atoms with van der Waals surface area (Å²) in [7, 11) is 1.35. The van der Waals surface area contributed by atoms with Crippen LogP contribution in [0.25, 0.3) is 10.9 Å². The Morgan fingerprint density at radius 2 is 2.09 bits per heavy atom. The lowest BCUT2D eigenvalue weighted by Gasteiger charge is -2.16. The second-order valence-corrected chi connectivity index (χ2v) is 5.03. The molecule has 0 fully saturated rings. The standard InChI is InChI=1S/C17H17N3O3/c1-22-17(21)15(20-23-16-8-4-5-9-18-16)10-12-11-19-14-7-3-2-6-13(12)14/h2-9,11,15,19-20H,10H2,1H3/t15-/m0/s1. The average molecular weight is 311 g/mol. The van der Waals surface area contributed by atoms with E-state index in [4.69, 9.17) is 9.57 Å². The zero-order valence-electron chi connectivity index (χ0n) is 12.7. The van der Waals surface area contributed by atoms with E-state index in [1.807, 2.05) is 30.5 Å². The maximum absolute atomic E-state index is 12.0. The minimum Gasteiger partial charge on any atom is -0.468 e. The second kappa shape index (κ2) is 6.93. The number of carbonyl (C=O) groups excluding carboxylic acids is 1. The summed E-state index contributed by atoms with van der Waals surface area (Å²) in [6.07, 6.45) is 3.94. The van der Waals surface area contributed by atoms with E-state index in [9.17, 15) is 4.79 Å². The Hall–Kier alpha value is -2.86. The summed E-state index contributed by atoms with van der Waals surface area (Å²) in [6, 6.07) is 12.6. The van der Waals surface area contributed by atoms with Crippen molar-refractivity contribution in [2.75, 3.05) is 7.11 Å². The molecule has 0 radical (unpaired) electrons. The average Bonchev–Trinajstić information content (AvgIpc) is 3.02. The van der Waals surface area contributed by atoms with Gasteiger partial charge in [0.15, 0.2) is 0 Å². The first-order valence-electron chi connectivity index (χ1n) is 7.24. The molecular weight excluding hydrogens is 294 g/mol. The zero-order valence-corrected chi connectivity index (χ0v) is 12.7. The van der Waals surface area contributed by atoms with Crippen LogP contribution in [-0.2, 0) is 16.0 Å². The van der Waals surface area contributed by atoms with Gasteiger partial charge < -0.3 is 14.6 Å². The summed E-state index contributed by atoms with van der Waals surface area (Å²) in [6.45, 7) is 0. The minimum atomic E-state index is -0.638. The number of carbonyl (C=O) groups is 1. The zero-order chi connectivity index (χ0) is 16.1. The van der Waals surface area contributed by atoms with Crippen LogP contribution in [0.2, 0.25) is 0 Å². The molecule has 0 spiro atoms. The number of ether oxygens (including phenoxy) is 1. The Morgan fingerprint density at radius 1 is 1.26 bits per heavy atom. The number of methoxy groups -OCH3 is 1. The van der Waals surface area contributed by atoms with Gasteiger partial charge in [0, 0.05) is 35.8 Å². The molecule has 2 N–H and O–H groups in total.